The minimum absolute atomic E-state index is 0.198. The monoisotopic (exact) mass is 380 g/mol. The number of hydrogen-bond donors (Lipinski definition) is 1. The summed E-state index contributed by atoms with van der Waals surface area (Å²) in [5.41, 5.74) is 3.05. The van der Waals surface area contributed by atoms with Crippen LogP contribution in [0.15, 0.2) is 48.5 Å². The van der Waals surface area contributed by atoms with E-state index in [9.17, 15) is 9.90 Å². The fourth-order valence-electron chi connectivity index (χ4n) is 4.14. The van der Waals surface area contributed by atoms with Gasteiger partial charge in [0.2, 0.25) is 0 Å². The molecule has 1 aliphatic carbocycles. The maximum atomic E-state index is 12.1. The first-order valence-corrected chi connectivity index (χ1v) is 10.2. The molecule has 2 aromatic carbocycles. The second-order valence-corrected chi connectivity index (χ2v) is 7.65. The number of anilines is 1. The van der Waals surface area contributed by atoms with Crippen molar-refractivity contribution >= 4 is 11.5 Å². The lowest BCUT2D eigenvalue weighted by Gasteiger charge is -2.36. The van der Waals surface area contributed by atoms with Gasteiger partial charge in [0.05, 0.1) is 0 Å². The summed E-state index contributed by atoms with van der Waals surface area (Å²) in [5.74, 6) is 0.946. The quantitative estimate of drug-likeness (QED) is 0.835. The van der Waals surface area contributed by atoms with Crippen LogP contribution in [0.5, 0.6) is 5.75 Å². The molecule has 0 saturated carbocycles. The van der Waals surface area contributed by atoms with Crippen molar-refractivity contribution in [3.63, 3.8) is 0 Å². The molecule has 0 radical (unpaired) electrons. The summed E-state index contributed by atoms with van der Waals surface area (Å²) in [5, 5.41) is 10.5. The number of aliphatic hydroxyl groups excluding tert-OH is 1. The van der Waals surface area contributed by atoms with Crippen molar-refractivity contribution in [1.29, 1.82) is 0 Å². The molecule has 1 saturated heterocycles. The molecule has 1 atom stereocenters. The normalized spacial score (nSPS) is 18.6. The number of para-hydroxylation sites is 1. The molecule has 5 nitrogen and oxygen atoms in total. The second kappa shape index (κ2) is 8.76. The number of hydrogen-bond acceptors (Lipinski definition) is 5. The predicted molar refractivity (Wildman–Crippen MR) is 110 cm³/mol. The van der Waals surface area contributed by atoms with Crippen LogP contribution in [0.25, 0.3) is 0 Å². The van der Waals surface area contributed by atoms with Crippen LogP contribution in [0, 0.1) is 0 Å². The van der Waals surface area contributed by atoms with Crippen molar-refractivity contribution in [2.75, 3.05) is 44.2 Å². The van der Waals surface area contributed by atoms with Crippen LogP contribution in [0.3, 0.4) is 0 Å². The van der Waals surface area contributed by atoms with Gasteiger partial charge in [0.25, 0.3) is 0 Å². The lowest BCUT2D eigenvalue weighted by atomic mass is 9.90. The number of benzene rings is 2. The third-order valence-corrected chi connectivity index (χ3v) is 5.66. The summed E-state index contributed by atoms with van der Waals surface area (Å²) in [4.78, 5) is 16.7. The average Bonchev–Trinajstić information content (AvgIpc) is 2.74. The van der Waals surface area contributed by atoms with E-state index in [4.69, 9.17) is 4.74 Å². The van der Waals surface area contributed by atoms with Gasteiger partial charge in [-0.1, -0.05) is 30.3 Å². The van der Waals surface area contributed by atoms with Gasteiger partial charge in [-0.2, -0.15) is 0 Å². The molecule has 148 valence electrons. The molecule has 0 amide bonds. The summed E-state index contributed by atoms with van der Waals surface area (Å²) >= 11 is 0. The van der Waals surface area contributed by atoms with Gasteiger partial charge >= 0.3 is 0 Å². The van der Waals surface area contributed by atoms with E-state index in [2.05, 4.69) is 34.1 Å². The maximum Gasteiger partial charge on any atom is 0.163 e. The smallest absolute Gasteiger partial charge is 0.163 e. The van der Waals surface area contributed by atoms with Crippen molar-refractivity contribution in [2.45, 2.75) is 25.4 Å². The molecule has 0 aromatic heterocycles. The Balaban J connectivity index is 1.26. The number of nitrogens with zero attached hydrogens (tertiary/aromatic N) is 2. The minimum atomic E-state index is -0.543. The molecule has 2 aliphatic rings. The van der Waals surface area contributed by atoms with Crippen LogP contribution >= 0.6 is 0 Å². The van der Waals surface area contributed by atoms with Crippen molar-refractivity contribution < 1.29 is 14.6 Å². The van der Waals surface area contributed by atoms with E-state index in [0.29, 0.717) is 13.0 Å². The van der Waals surface area contributed by atoms with Crippen LogP contribution < -0.4 is 9.64 Å². The standard InChI is InChI=1S/C23H28N2O3/c26-19(16-24-12-14-25(15-13-24)18-6-2-1-3-7-18)17-28-23-11-5-8-20-21(23)9-4-10-22(20)27/h1-3,5-8,11,19,26H,4,9-10,12-17H2. The number of fused-ring (bicyclic) bond motifs is 1. The number of carbonyl (C=O) groups excluding carboxylic acids is 1. The highest BCUT2D eigenvalue weighted by Crippen LogP contribution is 2.29. The molecule has 1 heterocycles. The molecule has 4 rings (SSSR count). The molecule has 5 heteroatoms. The van der Waals surface area contributed by atoms with Crippen LogP contribution in [0.1, 0.15) is 28.8 Å². The van der Waals surface area contributed by atoms with Crippen LogP contribution in [0.2, 0.25) is 0 Å². The summed E-state index contributed by atoms with van der Waals surface area (Å²) in [7, 11) is 0. The Hall–Kier alpha value is -2.37. The lowest BCUT2D eigenvalue weighted by molar-refractivity contribution is 0.0658. The molecule has 1 aliphatic heterocycles. The number of Topliss-reactive ketones (excluding diaryl/α,β-unsaturated/α-hetero) is 1. The number of rotatable bonds is 6. The number of carbonyl (C=O) groups is 1. The van der Waals surface area contributed by atoms with Gasteiger partial charge in [0.1, 0.15) is 18.5 Å². The first-order valence-electron chi connectivity index (χ1n) is 10.2. The van der Waals surface area contributed by atoms with Crippen LogP contribution in [0.4, 0.5) is 5.69 Å². The van der Waals surface area contributed by atoms with Gasteiger partial charge in [0, 0.05) is 56.0 Å². The summed E-state index contributed by atoms with van der Waals surface area (Å²) in [6.07, 6.45) is 1.82. The van der Waals surface area contributed by atoms with E-state index in [0.717, 1.165) is 55.9 Å². The maximum absolute atomic E-state index is 12.1. The Bertz CT molecular complexity index is 801. The fourth-order valence-corrected chi connectivity index (χ4v) is 4.14. The predicted octanol–water partition coefficient (Wildman–Crippen LogP) is 2.77. The Morgan fingerprint density at radius 3 is 2.54 bits per heavy atom. The summed E-state index contributed by atoms with van der Waals surface area (Å²) in [6.45, 7) is 4.65. The lowest BCUT2D eigenvalue weighted by Crippen LogP contribution is -2.49. The molecule has 1 N–H and O–H groups in total. The van der Waals surface area contributed by atoms with E-state index in [1.54, 1.807) is 0 Å². The molecule has 0 spiro atoms. The fraction of sp³-hybridized carbons (Fsp3) is 0.435. The van der Waals surface area contributed by atoms with Gasteiger partial charge in [0.15, 0.2) is 5.78 Å². The SMILES string of the molecule is O=C1CCCc2c(OCC(O)CN3CCN(c4ccccc4)CC3)cccc21. The van der Waals surface area contributed by atoms with E-state index < -0.39 is 6.10 Å². The van der Waals surface area contributed by atoms with E-state index >= 15 is 0 Å². The molecule has 2 aromatic rings. The van der Waals surface area contributed by atoms with Gasteiger partial charge in [-0.25, -0.2) is 0 Å². The van der Waals surface area contributed by atoms with Gasteiger partial charge in [-0.15, -0.1) is 0 Å². The number of piperazine rings is 1. The van der Waals surface area contributed by atoms with Gasteiger partial charge in [-0.3, -0.25) is 9.69 Å². The summed E-state index contributed by atoms with van der Waals surface area (Å²) < 4.78 is 5.91. The number of aliphatic hydroxyl groups is 1. The number of ether oxygens (including phenoxy) is 1. The highest BCUT2D eigenvalue weighted by molar-refractivity contribution is 5.99. The molecule has 1 fully saturated rings. The minimum Gasteiger partial charge on any atom is -0.491 e. The molecular formula is C23H28N2O3. The third-order valence-electron chi connectivity index (χ3n) is 5.66. The number of β-amino-alcohol motifs (C(OH)–C–C–N with tert-alkyl or cyclic N) is 1. The Labute approximate surface area is 166 Å². The topological polar surface area (TPSA) is 53.0 Å². The molecule has 28 heavy (non-hydrogen) atoms. The van der Waals surface area contributed by atoms with Crippen LogP contribution in [-0.4, -0.2) is 61.2 Å². The number of ketones is 1. The average molecular weight is 380 g/mol. The Morgan fingerprint density at radius 1 is 0.964 bits per heavy atom. The Kier molecular flexibility index (Phi) is 5.93. The molecule has 1 unspecified atom stereocenters. The van der Waals surface area contributed by atoms with Gasteiger partial charge in [-0.05, 0) is 31.0 Å². The zero-order valence-electron chi connectivity index (χ0n) is 16.2. The van der Waals surface area contributed by atoms with Crippen molar-refractivity contribution in [1.82, 2.24) is 4.90 Å². The van der Waals surface area contributed by atoms with E-state index in [1.807, 2.05) is 24.3 Å². The Morgan fingerprint density at radius 2 is 1.75 bits per heavy atom. The zero-order valence-corrected chi connectivity index (χ0v) is 16.2. The van der Waals surface area contributed by atoms with E-state index in [1.165, 1.54) is 5.69 Å². The highest BCUT2D eigenvalue weighted by atomic mass is 16.5. The highest BCUT2D eigenvalue weighted by Gasteiger charge is 2.22. The van der Waals surface area contributed by atoms with Crippen molar-refractivity contribution in [3.8, 4) is 5.75 Å². The van der Waals surface area contributed by atoms with Crippen molar-refractivity contribution in [3.05, 3.63) is 59.7 Å². The first kappa shape index (κ1) is 19.0. The third kappa shape index (κ3) is 4.37. The summed E-state index contributed by atoms with van der Waals surface area (Å²) in [6, 6.07) is 16.1. The molecular weight excluding hydrogens is 352 g/mol. The zero-order chi connectivity index (χ0) is 19.3. The second-order valence-electron chi connectivity index (χ2n) is 7.65. The van der Waals surface area contributed by atoms with Crippen LogP contribution in [-0.2, 0) is 6.42 Å². The largest absolute Gasteiger partial charge is 0.491 e. The van der Waals surface area contributed by atoms with Crippen molar-refractivity contribution in [2.24, 2.45) is 0 Å². The van der Waals surface area contributed by atoms with Gasteiger partial charge < -0.3 is 14.7 Å². The van der Waals surface area contributed by atoms with E-state index in [-0.39, 0.29) is 12.4 Å². The first-order chi connectivity index (χ1) is 13.7. The molecule has 0 bridgehead atoms.